The fourth-order valence-corrected chi connectivity index (χ4v) is 1.59. The van der Waals surface area contributed by atoms with Gasteiger partial charge in [-0.15, -0.1) is 0 Å². The van der Waals surface area contributed by atoms with Gasteiger partial charge in [0.25, 0.3) is 0 Å². The first kappa shape index (κ1) is 13.4. The monoisotopic (exact) mass is 233 g/mol. The van der Waals surface area contributed by atoms with Gasteiger partial charge < -0.3 is 25.4 Å². The van der Waals surface area contributed by atoms with Crippen LogP contribution in [0.2, 0.25) is 0 Å². The first-order valence-corrected chi connectivity index (χ1v) is 5.31. The molecule has 16 heavy (non-hydrogen) atoms. The van der Waals surface area contributed by atoms with E-state index < -0.39 is 17.1 Å². The molecule has 0 aromatic carbocycles. The second kappa shape index (κ2) is 5.09. The number of nitrogens with one attached hydrogen (secondary N) is 1. The molecule has 4 N–H and O–H groups in total. The maximum absolute atomic E-state index is 10.7. The van der Waals surface area contributed by atoms with E-state index in [4.69, 9.17) is 9.84 Å². The Morgan fingerprint density at radius 2 is 2.06 bits per heavy atom. The number of hydrogen-bond donors (Lipinski definition) is 4. The predicted molar refractivity (Wildman–Crippen MR) is 56.1 cm³/mol. The molecule has 0 aromatic heterocycles. The van der Waals surface area contributed by atoms with E-state index in [-0.39, 0.29) is 13.2 Å². The highest BCUT2D eigenvalue weighted by Gasteiger charge is 2.36. The van der Waals surface area contributed by atoms with Crippen LogP contribution in [0.25, 0.3) is 0 Å². The zero-order valence-corrected chi connectivity index (χ0v) is 9.40. The van der Waals surface area contributed by atoms with Gasteiger partial charge in [0.05, 0.1) is 6.61 Å². The van der Waals surface area contributed by atoms with E-state index in [2.05, 4.69) is 5.32 Å². The molecule has 1 aliphatic heterocycles. The van der Waals surface area contributed by atoms with E-state index in [9.17, 15) is 15.0 Å². The average molecular weight is 233 g/mol. The molecule has 6 nitrogen and oxygen atoms in total. The molecule has 0 saturated carbocycles. The second-order valence-corrected chi connectivity index (χ2v) is 4.48. The average Bonchev–Trinajstić information content (AvgIpc) is 2.28. The molecule has 0 aromatic rings. The minimum Gasteiger partial charge on any atom is -0.479 e. The van der Waals surface area contributed by atoms with Gasteiger partial charge in [0.1, 0.15) is 0 Å². The molecule has 0 aliphatic carbocycles. The summed E-state index contributed by atoms with van der Waals surface area (Å²) in [5.41, 5.74) is -2.35. The summed E-state index contributed by atoms with van der Waals surface area (Å²) < 4.78 is 5.18. The third-order valence-electron chi connectivity index (χ3n) is 3.02. The summed E-state index contributed by atoms with van der Waals surface area (Å²) in [5.74, 6) is -1.28. The van der Waals surface area contributed by atoms with E-state index in [1.807, 2.05) is 0 Å². The lowest BCUT2D eigenvalue weighted by molar-refractivity contribution is -0.156. The van der Waals surface area contributed by atoms with Crippen LogP contribution < -0.4 is 5.32 Å². The quantitative estimate of drug-likeness (QED) is 0.484. The first-order valence-electron chi connectivity index (χ1n) is 5.31. The van der Waals surface area contributed by atoms with Gasteiger partial charge >= 0.3 is 5.97 Å². The molecule has 6 heteroatoms. The molecule has 94 valence electrons. The molecule has 1 heterocycles. The Labute approximate surface area is 94.2 Å². The molecule has 1 rings (SSSR count). The van der Waals surface area contributed by atoms with Crippen LogP contribution in [0.15, 0.2) is 0 Å². The van der Waals surface area contributed by atoms with Crippen molar-refractivity contribution < 1.29 is 24.9 Å². The first-order chi connectivity index (χ1) is 7.42. The van der Waals surface area contributed by atoms with Crippen LogP contribution in [-0.4, -0.2) is 58.8 Å². The lowest BCUT2D eigenvalue weighted by atomic mass is 9.90. The third kappa shape index (κ3) is 3.15. The largest absolute Gasteiger partial charge is 0.479 e. The summed E-state index contributed by atoms with van der Waals surface area (Å²) >= 11 is 0. The number of ether oxygens (including phenoxy) is 1. The van der Waals surface area contributed by atoms with Crippen molar-refractivity contribution in [3.63, 3.8) is 0 Å². The molecule has 1 unspecified atom stereocenters. The van der Waals surface area contributed by atoms with Gasteiger partial charge in [-0.3, -0.25) is 0 Å². The molecular formula is C10H19NO5. The molecule has 0 bridgehead atoms. The molecule has 1 saturated heterocycles. The Morgan fingerprint density at radius 3 is 2.50 bits per heavy atom. The SMILES string of the molecule is CC(O)(CNC1(CO)CCOCC1)C(=O)O. The zero-order chi connectivity index (χ0) is 12.2. The van der Waals surface area contributed by atoms with Gasteiger partial charge in [0.2, 0.25) is 0 Å². The number of aliphatic carboxylic acids is 1. The molecule has 0 radical (unpaired) electrons. The van der Waals surface area contributed by atoms with Gasteiger partial charge in [-0.25, -0.2) is 4.79 Å². The van der Waals surface area contributed by atoms with E-state index in [0.717, 1.165) is 0 Å². The number of carboxylic acid groups (broad SMARTS) is 1. The number of aliphatic hydroxyl groups is 2. The number of β-amino-alcohol motifs (C(OH)–C–C–N with tert-alkyl or cyclic N) is 1. The second-order valence-electron chi connectivity index (χ2n) is 4.48. The molecule has 0 amide bonds. The van der Waals surface area contributed by atoms with Gasteiger partial charge in [-0.2, -0.15) is 0 Å². The van der Waals surface area contributed by atoms with Crippen molar-refractivity contribution >= 4 is 5.97 Å². The Kier molecular flexibility index (Phi) is 4.26. The number of aliphatic hydroxyl groups excluding tert-OH is 1. The van der Waals surface area contributed by atoms with Crippen molar-refractivity contribution in [3.05, 3.63) is 0 Å². The number of carboxylic acids is 1. The van der Waals surface area contributed by atoms with E-state index in [1.54, 1.807) is 0 Å². The van der Waals surface area contributed by atoms with Crippen molar-refractivity contribution in [2.24, 2.45) is 0 Å². The number of carbonyl (C=O) groups is 1. The summed E-state index contributed by atoms with van der Waals surface area (Å²) in [7, 11) is 0. The predicted octanol–water partition coefficient (Wildman–Crippen LogP) is -1.05. The minimum atomic E-state index is -1.82. The molecule has 0 spiro atoms. The summed E-state index contributed by atoms with van der Waals surface area (Å²) in [6, 6.07) is 0. The number of hydrogen-bond acceptors (Lipinski definition) is 5. The van der Waals surface area contributed by atoms with Crippen molar-refractivity contribution in [2.45, 2.75) is 30.9 Å². The van der Waals surface area contributed by atoms with Crippen LogP contribution in [0.4, 0.5) is 0 Å². The standard InChI is InChI=1S/C10H19NO5/c1-9(15,8(13)14)6-11-10(7-12)2-4-16-5-3-10/h11-12,15H,2-7H2,1H3,(H,13,14). The zero-order valence-electron chi connectivity index (χ0n) is 9.40. The lowest BCUT2D eigenvalue weighted by Crippen LogP contribution is -2.57. The van der Waals surface area contributed by atoms with Gasteiger partial charge in [-0.05, 0) is 19.8 Å². The summed E-state index contributed by atoms with van der Waals surface area (Å²) in [6.45, 7) is 2.10. The highest BCUT2D eigenvalue weighted by Crippen LogP contribution is 2.20. The normalized spacial score (nSPS) is 23.7. The van der Waals surface area contributed by atoms with Crippen LogP contribution in [-0.2, 0) is 9.53 Å². The van der Waals surface area contributed by atoms with Gasteiger partial charge in [0, 0.05) is 25.3 Å². The maximum atomic E-state index is 10.7. The van der Waals surface area contributed by atoms with Crippen LogP contribution in [0, 0.1) is 0 Å². The van der Waals surface area contributed by atoms with E-state index in [1.165, 1.54) is 6.92 Å². The molecular weight excluding hydrogens is 214 g/mol. The summed E-state index contributed by atoms with van der Waals surface area (Å²) in [4.78, 5) is 10.7. The van der Waals surface area contributed by atoms with E-state index in [0.29, 0.717) is 26.1 Å². The van der Waals surface area contributed by atoms with Crippen molar-refractivity contribution in [2.75, 3.05) is 26.4 Å². The Morgan fingerprint density at radius 1 is 1.50 bits per heavy atom. The van der Waals surface area contributed by atoms with E-state index >= 15 is 0 Å². The fraction of sp³-hybridized carbons (Fsp3) is 0.900. The maximum Gasteiger partial charge on any atom is 0.336 e. The van der Waals surface area contributed by atoms with Crippen LogP contribution in [0.1, 0.15) is 19.8 Å². The minimum absolute atomic E-state index is 0.0912. The van der Waals surface area contributed by atoms with Crippen LogP contribution >= 0.6 is 0 Å². The van der Waals surface area contributed by atoms with Crippen molar-refractivity contribution in [1.29, 1.82) is 0 Å². The highest BCUT2D eigenvalue weighted by molar-refractivity contribution is 5.76. The third-order valence-corrected chi connectivity index (χ3v) is 3.02. The van der Waals surface area contributed by atoms with Crippen molar-refractivity contribution in [3.8, 4) is 0 Å². The lowest BCUT2D eigenvalue weighted by Gasteiger charge is -2.38. The number of rotatable bonds is 5. The highest BCUT2D eigenvalue weighted by atomic mass is 16.5. The topological polar surface area (TPSA) is 99.0 Å². The Hall–Kier alpha value is -0.690. The van der Waals surface area contributed by atoms with Crippen molar-refractivity contribution in [1.82, 2.24) is 5.32 Å². The fourth-order valence-electron chi connectivity index (χ4n) is 1.59. The molecule has 1 aliphatic rings. The Bertz CT molecular complexity index is 248. The smallest absolute Gasteiger partial charge is 0.336 e. The van der Waals surface area contributed by atoms with Gasteiger partial charge in [-0.1, -0.05) is 0 Å². The Balaban J connectivity index is 2.54. The van der Waals surface area contributed by atoms with Crippen LogP contribution in [0.5, 0.6) is 0 Å². The molecule has 1 fully saturated rings. The molecule has 1 atom stereocenters. The summed E-state index contributed by atoms with van der Waals surface area (Å²) in [6.07, 6.45) is 1.22. The van der Waals surface area contributed by atoms with Crippen LogP contribution in [0.3, 0.4) is 0 Å². The van der Waals surface area contributed by atoms with Gasteiger partial charge in [0.15, 0.2) is 5.60 Å². The summed E-state index contributed by atoms with van der Waals surface area (Å²) in [5, 5.41) is 30.6.